The summed E-state index contributed by atoms with van der Waals surface area (Å²) in [7, 11) is 0. The molecule has 2 aromatic rings. The van der Waals surface area contributed by atoms with Crippen molar-refractivity contribution in [2.24, 2.45) is 0 Å². The van der Waals surface area contributed by atoms with E-state index < -0.39 is 0 Å². The van der Waals surface area contributed by atoms with E-state index in [9.17, 15) is 0 Å². The van der Waals surface area contributed by atoms with E-state index in [0.29, 0.717) is 5.92 Å². The van der Waals surface area contributed by atoms with Crippen LogP contribution >= 0.6 is 0 Å². The van der Waals surface area contributed by atoms with Crippen LogP contribution in [0.1, 0.15) is 17.0 Å². The Bertz CT molecular complexity index is 542. The highest BCUT2D eigenvalue weighted by Gasteiger charge is 2.28. The molecule has 1 fully saturated rings. The summed E-state index contributed by atoms with van der Waals surface area (Å²) < 4.78 is 0. The Hall–Kier alpha value is -1.96. The van der Waals surface area contributed by atoms with Gasteiger partial charge >= 0.3 is 0 Å². The maximum Gasteiger partial charge on any atom is 0.0417 e. The monoisotopic (exact) mass is 238 g/mol. The first-order valence-corrected chi connectivity index (χ1v) is 6.40. The molecule has 2 aromatic carbocycles. The maximum absolute atomic E-state index is 5.96. The number of nitrogens with zero attached hydrogens (tertiary/aromatic N) is 1. The molecule has 92 valence electrons. The number of nitrogen functional groups attached to an aromatic ring is 1. The second kappa shape index (κ2) is 4.37. The number of benzene rings is 2. The van der Waals surface area contributed by atoms with Gasteiger partial charge in [0.05, 0.1) is 0 Å². The van der Waals surface area contributed by atoms with Crippen LogP contribution in [-0.4, -0.2) is 13.1 Å². The Morgan fingerprint density at radius 2 is 1.72 bits per heavy atom. The lowest BCUT2D eigenvalue weighted by atomic mass is 9.90. The smallest absolute Gasteiger partial charge is 0.0417 e. The summed E-state index contributed by atoms with van der Waals surface area (Å²) in [6.07, 6.45) is 0. The van der Waals surface area contributed by atoms with Crippen molar-refractivity contribution in [2.75, 3.05) is 23.7 Å². The van der Waals surface area contributed by atoms with Gasteiger partial charge in [0.15, 0.2) is 0 Å². The molecule has 1 aliphatic rings. The van der Waals surface area contributed by atoms with Crippen LogP contribution in [0.4, 0.5) is 11.4 Å². The highest BCUT2D eigenvalue weighted by molar-refractivity contribution is 5.65. The first kappa shape index (κ1) is 11.1. The third-order valence-corrected chi connectivity index (χ3v) is 3.84. The first-order valence-electron chi connectivity index (χ1n) is 6.40. The molecule has 3 rings (SSSR count). The molecule has 2 nitrogen and oxygen atoms in total. The lowest BCUT2D eigenvalue weighted by Crippen LogP contribution is -2.45. The second-order valence-electron chi connectivity index (χ2n) is 5.00. The fourth-order valence-electron chi connectivity index (χ4n) is 2.59. The summed E-state index contributed by atoms with van der Waals surface area (Å²) in [5, 5.41) is 0. The largest absolute Gasteiger partial charge is 0.398 e. The van der Waals surface area contributed by atoms with Gasteiger partial charge < -0.3 is 10.6 Å². The van der Waals surface area contributed by atoms with E-state index in [2.05, 4.69) is 48.2 Å². The molecule has 0 unspecified atom stereocenters. The van der Waals surface area contributed by atoms with Crippen LogP contribution < -0.4 is 10.6 Å². The summed E-state index contributed by atoms with van der Waals surface area (Å²) >= 11 is 0. The van der Waals surface area contributed by atoms with Gasteiger partial charge in [0.1, 0.15) is 0 Å². The van der Waals surface area contributed by atoms with E-state index in [4.69, 9.17) is 5.73 Å². The Morgan fingerprint density at radius 1 is 1.00 bits per heavy atom. The zero-order chi connectivity index (χ0) is 12.5. The molecule has 2 heteroatoms. The van der Waals surface area contributed by atoms with Gasteiger partial charge in [0.25, 0.3) is 0 Å². The number of nitrogens with two attached hydrogens (primary N) is 1. The van der Waals surface area contributed by atoms with Crippen molar-refractivity contribution in [3.63, 3.8) is 0 Å². The molecule has 0 atom stereocenters. The fraction of sp³-hybridized carbons (Fsp3) is 0.250. The molecule has 0 aromatic heterocycles. The van der Waals surface area contributed by atoms with Crippen LogP contribution in [0.25, 0.3) is 0 Å². The van der Waals surface area contributed by atoms with Crippen LogP contribution in [0.5, 0.6) is 0 Å². The number of hydrogen-bond acceptors (Lipinski definition) is 2. The van der Waals surface area contributed by atoms with Gasteiger partial charge in [0, 0.05) is 30.4 Å². The first-order chi connectivity index (χ1) is 8.75. The van der Waals surface area contributed by atoms with Crippen molar-refractivity contribution >= 4 is 11.4 Å². The number of anilines is 2. The molecule has 1 heterocycles. The Labute approximate surface area is 108 Å². The molecular formula is C16H18N2. The molecule has 0 aliphatic carbocycles. The molecular weight excluding hydrogens is 220 g/mol. The van der Waals surface area contributed by atoms with Gasteiger partial charge in [-0.25, -0.2) is 0 Å². The zero-order valence-corrected chi connectivity index (χ0v) is 10.6. The molecule has 1 aliphatic heterocycles. The van der Waals surface area contributed by atoms with Crippen molar-refractivity contribution in [2.45, 2.75) is 12.8 Å². The van der Waals surface area contributed by atoms with Gasteiger partial charge in [0.2, 0.25) is 0 Å². The maximum atomic E-state index is 5.96. The molecule has 0 radical (unpaired) electrons. The van der Waals surface area contributed by atoms with Gasteiger partial charge in [-0.15, -0.1) is 0 Å². The highest BCUT2D eigenvalue weighted by atomic mass is 15.2. The average Bonchev–Trinajstić information content (AvgIpc) is 2.34. The Balaban J connectivity index is 1.74. The van der Waals surface area contributed by atoms with E-state index in [1.54, 1.807) is 0 Å². The lowest BCUT2D eigenvalue weighted by Gasteiger charge is -2.42. The second-order valence-corrected chi connectivity index (χ2v) is 5.00. The van der Waals surface area contributed by atoms with Crippen molar-refractivity contribution < 1.29 is 0 Å². The number of hydrogen-bond donors (Lipinski definition) is 1. The summed E-state index contributed by atoms with van der Waals surface area (Å²) in [4.78, 5) is 2.41. The van der Waals surface area contributed by atoms with E-state index >= 15 is 0 Å². The molecule has 1 saturated heterocycles. The molecule has 2 N–H and O–H groups in total. The molecule has 0 bridgehead atoms. The SMILES string of the molecule is Cc1c(N)cccc1N1CC(c2ccccc2)C1. The summed E-state index contributed by atoms with van der Waals surface area (Å²) in [6.45, 7) is 4.28. The van der Waals surface area contributed by atoms with Crippen LogP contribution in [0, 0.1) is 6.92 Å². The average molecular weight is 238 g/mol. The lowest BCUT2D eigenvalue weighted by molar-refractivity contribution is 0.524. The summed E-state index contributed by atoms with van der Waals surface area (Å²) in [6, 6.07) is 16.9. The van der Waals surface area contributed by atoms with Gasteiger partial charge in [-0.2, -0.15) is 0 Å². The topological polar surface area (TPSA) is 29.3 Å². The molecule has 0 spiro atoms. The van der Waals surface area contributed by atoms with Crippen LogP contribution in [0.15, 0.2) is 48.5 Å². The van der Waals surface area contributed by atoms with E-state index in [1.807, 2.05) is 12.1 Å². The van der Waals surface area contributed by atoms with Crippen molar-refractivity contribution in [1.82, 2.24) is 0 Å². The minimum atomic E-state index is 0.659. The van der Waals surface area contributed by atoms with Gasteiger partial charge in [-0.1, -0.05) is 36.4 Å². The van der Waals surface area contributed by atoms with Crippen LogP contribution in [0.3, 0.4) is 0 Å². The van der Waals surface area contributed by atoms with Gasteiger partial charge in [-0.05, 0) is 30.2 Å². The van der Waals surface area contributed by atoms with Crippen molar-refractivity contribution in [3.8, 4) is 0 Å². The predicted octanol–water partition coefficient (Wildman–Crippen LogP) is 3.18. The minimum Gasteiger partial charge on any atom is -0.398 e. The van der Waals surface area contributed by atoms with E-state index in [-0.39, 0.29) is 0 Å². The molecule has 0 amide bonds. The summed E-state index contributed by atoms with van der Waals surface area (Å²) in [5.74, 6) is 0.659. The predicted molar refractivity (Wildman–Crippen MR) is 77.0 cm³/mol. The van der Waals surface area contributed by atoms with Crippen LogP contribution in [0.2, 0.25) is 0 Å². The van der Waals surface area contributed by atoms with Crippen molar-refractivity contribution in [1.29, 1.82) is 0 Å². The Morgan fingerprint density at radius 3 is 2.44 bits per heavy atom. The molecule has 18 heavy (non-hydrogen) atoms. The molecule has 0 saturated carbocycles. The quantitative estimate of drug-likeness (QED) is 0.814. The van der Waals surface area contributed by atoms with Crippen LogP contribution in [-0.2, 0) is 0 Å². The third-order valence-electron chi connectivity index (χ3n) is 3.84. The fourth-order valence-corrected chi connectivity index (χ4v) is 2.59. The minimum absolute atomic E-state index is 0.659. The summed E-state index contributed by atoms with van der Waals surface area (Å²) in [5.41, 5.74) is 10.8. The standard InChI is InChI=1S/C16H18N2/c1-12-15(17)8-5-9-16(12)18-10-14(11-18)13-6-3-2-4-7-13/h2-9,14H,10-11,17H2,1H3. The van der Waals surface area contributed by atoms with Crippen molar-refractivity contribution in [3.05, 3.63) is 59.7 Å². The highest BCUT2D eigenvalue weighted by Crippen LogP contribution is 2.34. The zero-order valence-electron chi connectivity index (χ0n) is 10.6. The third kappa shape index (κ3) is 1.84. The Kier molecular flexibility index (Phi) is 2.71. The van der Waals surface area contributed by atoms with Gasteiger partial charge in [-0.3, -0.25) is 0 Å². The van der Waals surface area contributed by atoms with E-state index in [0.717, 1.165) is 18.8 Å². The number of rotatable bonds is 2. The van der Waals surface area contributed by atoms with E-state index in [1.165, 1.54) is 16.8 Å². The normalized spacial score (nSPS) is 15.5.